The third kappa shape index (κ3) is 3.70. The minimum absolute atomic E-state index is 0.0930. The Morgan fingerprint density at radius 2 is 1.09 bits per heavy atom. The Balaban J connectivity index is 1.29. The van der Waals surface area contributed by atoms with Crippen LogP contribution in [0, 0.1) is 0 Å². The van der Waals surface area contributed by atoms with Crippen LogP contribution in [0.5, 0.6) is 0 Å². The van der Waals surface area contributed by atoms with Crippen molar-refractivity contribution in [3.63, 3.8) is 0 Å². The largest absolute Gasteiger partial charge is 0.456 e. The van der Waals surface area contributed by atoms with Gasteiger partial charge in [0, 0.05) is 39.3 Å². The zero-order valence-corrected chi connectivity index (χ0v) is 26.6. The first-order valence-corrected chi connectivity index (χ1v) is 16.2. The van der Waals surface area contributed by atoms with E-state index in [0.717, 1.165) is 39.0 Å². The number of rotatable bonds is 3. The molecule has 2 heteroatoms. The molecule has 222 valence electrons. The summed E-state index contributed by atoms with van der Waals surface area (Å²) in [7, 11) is 0. The van der Waals surface area contributed by atoms with Gasteiger partial charge < -0.3 is 9.32 Å². The zero-order valence-electron chi connectivity index (χ0n) is 26.6. The third-order valence-corrected chi connectivity index (χ3v) is 11.0. The molecule has 1 aliphatic rings. The first kappa shape index (κ1) is 27.0. The molecule has 1 aliphatic carbocycles. The lowest BCUT2D eigenvalue weighted by atomic mass is 9.54. The van der Waals surface area contributed by atoms with Gasteiger partial charge in [-0.05, 0) is 91.7 Å². The van der Waals surface area contributed by atoms with E-state index in [1.54, 1.807) is 0 Å². The standard InChI is InChI=1S/C44H35NO/c1-43(2)39-25-20-30(26-38(39)37-24-23-33-32-15-9-8-12-28(32)18-21-36(33)42(37)44(43,3)4)45(29-13-6-5-7-14-29)31-19-22-35-34-16-10-11-17-40(34)46-41(35)27-31/h5-27H,1-4H3. The van der Waals surface area contributed by atoms with Gasteiger partial charge in [-0.25, -0.2) is 0 Å². The minimum atomic E-state index is -0.0987. The normalized spacial score (nSPS) is 14.9. The number of hydrogen-bond acceptors (Lipinski definition) is 2. The zero-order chi connectivity index (χ0) is 31.2. The highest BCUT2D eigenvalue weighted by atomic mass is 16.3. The van der Waals surface area contributed by atoms with Crippen molar-refractivity contribution in [2.45, 2.75) is 38.5 Å². The van der Waals surface area contributed by atoms with E-state index in [-0.39, 0.29) is 10.8 Å². The molecule has 8 aromatic rings. The maximum atomic E-state index is 6.35. The Morgan fingerprint density at radius 3 is 1.93 bits per heavy atom. The van der Waals surface area contributed by atoms with Crippen LogP contribution in [-0.4, -0.2) is 0 Å². The van der Waals surface area contributed by atoms with Crippen molar-refractivity contribution in [2.75, 3.05) is 4.90 Å². The lowest BCUT2D eigenvalue weighted by Gasteiger charge is -2.49. The average Bonchev–Trinajstić information content (AvgIpc) is 3.45. The molecule has 0 radical (unpaired) electrons. The Bertz CT molecular complexity index is 2480. The van der Waals surface area contributed by atoms with Crippen LogP contribution in [0.4, 0.5) is 17.1 Å². The average molecular weight is 594 g/mol. The number of para-hydroxylation sites is 2. The Hall–Kier alpha value is -5.34. The van der Waals surface area contributed by atoms with Crippen LogP contribution in [0.25, 0.3) is 54.6 Å². The van der Waals surface area contributed by atoms with E-state index in [4.69, 9.17) is 4.42 Å². The molecule has 0 N–H and O–H groups in total. The van der Waals surface area contributed by atoms with E-state index in [1.807, 2.05) is 12.1 Å². The van der Waals surface area contributed by atoms with E-state index in [1.165, 1.54) is 43.8 Å². The minimum Gasteiger partial charge on any atom is -0.456 e. The summed E-state index contributed by atoms with van der Waals surface area (Å²) in [5.41, 5.74) is 10.4. The monoisotopic (exact) mass is 593 g/mol. The Kier molecular flexibility index (Phi) is 5.63. The van der Waals surface area contributed by atoms with Gasteiger partial charge >= 0.3 is 0 Å². The third-order valence-electron chi connectivity index (χ3n) is 11.0. The van der Waals surface area contributed by atoms with Crippen LogP contribution in [-0.2, 0) is 10.8 Å². The van der Waals surface area contributed by atoms with Crippen LogP contribution in [0.15, 0.2) is 144 Å². The maximum absolute atomic E-state index is 6.35. The quantitative estimate of drug-likeness (QED) is 0.189. The van der Waals surface area contributed by atoms with Gasteiger partial charge in [0.15, 0.2) is 0 Å². The van der Waals surface area contributed by atoms with Crippen molar-refractivity contribution >= 4 is 60.5 Å². The predicted molar refractivity (Wildman–Crippen MR) is 195 cm³/mol. The maximum Gasteiger partial charge on any atom is 0.137 e. The number of nitrogens with zero attached hydrogens (tertiary/aromatic N) is 1. The van der Waals surface area contributed by atoms with Crippen molar-refractivity contribution in [1.82, 2.24) is 0 Å². The van der Waals surface area contributed by atoms with Crippen LogP contribution in [0.1, 0.15) is 38.8 Å². The SMILES string of the molecule is CC1(C)c2ccc(N(c3ccccc3)c3ccc4c(c3)oc3ccccc34)cc2-c2ccc3c(ccc4ccccc43)c2C1(C)C. The summed E-state index contributed by atoms with van der Waals surface area (Å²) < 4.78 is 6.35. The predicted octanol–water partition coefficient (Wildman–Crippen LogP) is 12.6. The molecule has 0 saturated carbocycles. The highest BCUT2D eigenvalue weighted by molar-refractivity contribution is 6.11. The molecule has 0 unspecified atom stereocenters. The molecule has 9 rings (SSSR count). The number of hydrogen-bond donors (Lipinski definition) is 0. The molecule has 0 amide bonds. The van der Waals surface area contributed by atoms with Crippen LogP contribution in [0.3, 0.4) is 0 Å². The van der Waals surface area contributed by atoms with E-state index in [0.29, 0.717) is 0 Å². The Morgan fingerprint density at radius 1 is 0.435 bits per heavy atom. The van der Waals surface area contributed by atoms with Crippen LogP contribution < -0.4 is 4.90 Å². The fourth-order valence-electron chi connectivity index (χ4n) is 7.95. The second-order valence-electron chi connectivity index (χ2n) is 13.8. The van der Waals surface area contributed by atoms with Gasteiger partial charge in [-0.2, -0.15) is 0 Å². The summed E-state index contributed by atoms with van der Waals surface area (Å²) in [6.45, 7) is 9.68. The van der Waals surface area contributed by atoms with Gasteiger partial charge in [0.1, 0.15) is 11.2 Å². The summed E-state index contributed by atoms with van der Waals surface area (Å²) in [6.07, 6.45) is 0. The van der Waals surface area contributed by atoms with E-state index < -0.39 is 0 Å². The van der Waals surface area contributed by atoms with Crippen LogP contribution in [0.2, 0.25) is 0 Å². The molecule has 7 aromatic carbocycles. The summed E-state index contributed by atoms with van der Waals surface area (Å²) in [5, 5.41) is 7.55. The molecule has 0 atom stereocenters. The van der Waals surface area contributed by atoms with Gasteiger partial charge in [-0.15, -0.1) is 0 Å². The molecule has 1 aromatic heterocycles. The van der Waals surface area contributed by atoms with Crippen molar-refractivity contribution < 1.29 is 4.42 Å². The molecule has 0 bridgehead atoms. The lowest BCUT2D eigenvalue weighted by molar-refractivity contribution is 0.301. The Labute approximate surface area is 269 Å². The molecule has 0 saturated heterocycles. The van der Waals surface area contributed by atoms with Gasteiger partial charge in [0.05, 0.1) is 0 Å². The summed E-state index contributed by atoms with van der Waals surface area (Å²) in [5.74, 6) is 0. The van der Waals surface area contributed by atoms with Crippen molar-refractivity contribution in [3.8, 4) is 11.1 Å². The summed E-state index contributed by atoms with van der Waals surface area (Å²) >= 11 is 0. The topological polar surface area (TPSA) is 16.4 Å². The number of benzene rings is 7. The van der Waals surface area contributed by atoms with Crippen molar-refractivity contribution in [1.29, 1.82) is 0 Å². The molecule has 1 heterocycles. The molecule has 0 fully saturated rings. The second-order valence-corrected chi connectivity index (χ2v) is 13.8. The highest BCUT2D eigenvalue weighted by Crippen LogP contribution is 2.57. The lowest BCUT2D eigenvalue weighted by Crippen LogP contribution is -2.43. The van der Waals surface area contributed by atoms with Crippen molar-refractivity contribution in [2.24, 2.45) is 0 Å². The molecule has 0 aliphatic heterocycles. The highest BCUT2D eigenvalue weighted by Gasteiger charge is 2.46. The molecule has 0 spiro atoms. The number of anilines is 3. The van der Waals surface area contributed by atoms with Crippen LogP contribution >= 0.6 is 0 Å². The van der Waals surface area contributed by atoms with Crippen molar-refractivity contribution in [3.05, 3.63) is 151 Å². The number of fused-ring (bicyclic) bond motifs is 10. The smallest absolute Gasteiger partial charge is 0.137 e. The van der Waals surface area contributed by atoms with Gasteiger partial charge in [0.2, 0.25) is 0 Å². The van der Waals surface area contributed by atoms with E-state index in [2.05, 4.69) is 160 Å². The summed E-state index contributed by atoms with van der Waals surface area (Å²) in [6, 6.07) is 50.7. The molecule has 46 heavy (non-hydrogen) atoms. The fraction of sp³-hybridized carbons (Fsp3) is 0.136. The second kappa shape index (κ2) is 9.58. The fourth-order valence-corrected chi connectivity index (χ4v) is 7.95. The van der Waals surface area contributed by atoms with Gasteiger partial charge in [-0.3, -0.25) is 0 Å². The summed E-state index contributed by atoms with van der Waals surface area (Å²) in [4.78, 5) is 2.36. The van der Waals surface area contributed by atoms with Gasteiger partial charge in [-0.1, -0.05) is 119 Å². The van der Waals surface area contributed by atoms with Gasteiger partial charge in [0.25, 0.3) is 0 Å². The molecular formula is C44H35NO. The van der Waals surface area contributed by atoms with E-state index in [9.17, 15) is 0 Å². The molecule has 2 nitrogen and oxygen atoms in total. The number of furan rings is 1. The first-order valence-electron chi connectivity index (χ1n) is 16.2. The molecular weight excluding hydrogens is 558 g/mol. The van der Waals surface area contributed by atoms with E-state index >= 15 is 0 Å². The first-order chi connectivity index (χ1) is 22.3.